The standard InChI is InChI=1S/C63H49NS/c1-3-63(4-2)56-40-44(35-38-53(56)54-39-37-52(43-57(54)63)64(51-31-18-9-19-32-51)59-42-49-30-20-21-33-58(49)65-59)34-36-50-41-55(45-22-10-5-11-23-45)61(47-26-14-7-15-27-47)62(48-28-16-8-17-29-48)60(50)46-24-12-6-13-25-46/h5-43H,3-4H2,1-2H3/b36-34+. The highest BCUT2D eigenvalue weighted by Crippen LogP contribution is 2.55. The van der Waals surface area contributed by atoms with Gasteiger partial charge in [0.25, 0.3) is 0 Å². The van der Waals surface area contributed by atoms with Crippen molar-refractivity contribution in [1.82, 2.24) is 0 Å². The van der Waals surface area contributed by atoms with E-state index >= 15 is 0 Å². The number of fused-ring (bicyclic) bond motifs is 4. The van der Waals surface area contributed by atoms with Crippen LogP contribution in [0.4, 0.5) is 16.4 Å². The second kappa shape index (κ2) is 17.2. The van der Waals surface area contributed by atoms with E-state index in [0.717, 1.165) is 18.5 Å². The van der Waals surface area contributed by atoms with E-state index < -0.39 is 0 Å². The van der Waals surface area contributed by atoms with Crippen LogP contribution >= 0.6 is 11.3 Å². The molecule has 0 radical (unpaired) electrons. The van der Waals surface area contributed by atoms with E-state index in [-0.39, 0.29) is 5.41 Å². The molecule has 0 spiro atoms. The summed E-state index contributed by atoms with van der Waals surface area (Å²) in [6, 6.07) is 82.4. The van der Waals surface area contributed by atoms with Gasteiger partial charge in [-0.25, -0.2) is 0 Å². The molecule has 0 saturated carbocycles. The number of para-hydroxylation sites is 1. The van der Waals surface area contributed by atoms with Gasteiger partial charge in [-0.05, 0) is 139 Å². The van der Waals surface area contributed by atoms with Gasteiger partial charge in [-0.2, -0.15) is 0 Å². The molecule has 0 fully saturated rings. The normalized spacial score (nSPS) is 12.6. The van der Waals surface area contributed by atoms with Crippen molar-refractivity contribution in [2.75, 3.05) is 4.90 Å². The van der Waals surface area contributed by atoms with Gasteiger partial charge in [0.1, 0.15) is 5.00 Å². The second-order valence-electron chi connectivity index (χ2n) is 17.1. The van der Waals surface area contributed by atoms with Crippen molar-refractivity contribution in [1.29, 1.82) is 0 Å². The summed E-state index contributed by atoms with van der Waals surface area (Å²) in [5.41, 5.74) is 19.8. The first-order valence-corrected chi connectivity index (χ1v) is 23.7. The Morgan fingerprint density at radius 1 is 0.415 bits per heavy atom. The zero-order valence-corrected chi connectivity index (χ0v) is 37.6. The predicted octanol–water partition coefficient (Wildman–Crippen LogP) is 18.3. The van der Waals surface area contributed by atoms with Crippen molar-refractivity contribution >= 4 is 50.0 Å². The van der Waals surface area contributed by atoms with Crippen LogP contribution in [0.5, 0.6) is 0 Å². The Balaban J connectivity index is 1.06. The minimum Gasteiger partial charge on any atom is -0.302 e. The van der Waals surface area contributed by atoms with Crippen molar-refractivity contribution in [2.24, 2.45) is 0 Å². The van der Waals surface area contributed by atoms with Crippen LogP contribution in [0.25, 0.3) is 77.9 Å². The highest BCUT2D eigenvalue weighted by Gasteiger charge is 2.41. The fourth-order valence-electron chi connectivity index (χ4n) is 10.4. The fraction of sp³-hybridized carbons (Fsp3) is 0.0794. The summed E-state index contributed by atoms with van der Waals surface area (Å²) in [6.45, 7) is 4.74. The summed E-state index contributed by atoms with van der Waals surface area (Å²) in [5, 5.41) is 2.49. The molecule has 65 heavy (non-hydrogen) atoms. The third kappa shape index (κ3) is 7.21. The summed E-state index contributed by atoms with van der Waals surface area (Å²) in [4.78, 5) is 2.44. The summed E-state index contributed by atoms with van der Waals surface area (Å²) in [5.74, 6) is 0. The van der Waals surface area contributed by atoms with Crippen LogP contribution in [0.1, 0.15) is 48.9 Å². The first-order valence-electron chi connectivity index (χ1n) is 22.9. The molecule has 1 aliphatic rings. The minimum atomic E-state index is -0.124. The van der Waals surface area contributed by atoms with Crippen molar-refractivity contribution in [3.05, 3.63) is 247 Å². The molecule has 0 atom stereocenters. The first kappa shape index (κ1) is 40.3. The van der Waals surface area contributed by atoms with Gasteiger partial charge in [0, 0.05) is 21.5 Å². The van der Waals surface area contributed by atoms with E-state index in [4.69, 9.17) is 0 Å². The van der Waals surface area contributed by atoms with E-state index in [1.807, 2.05) is 11.3 Å². The smallest absolute Gasteiger partial charge is 0.101 e. The lowest BCUT2D eigenvalue weighted by molar-refractivity contribution is 0.490. The van der Waals surface area contributed by atoms with Crippen LogP contribution in [0, 0.1) is 0 Å². The molecule has 1 heterocycles. The second-order valence-corrected chi connectivity index (χ2v) is 18.1. The maximum atomic E-state index is 2.49. The molecular formula is C63H49NS. The molecule has 0 N–H and O–H groups in total. The van der Waals surface area contributed by atoms with Crippen molar-refractivity contribution < 1.29 is 0 Å². The van der Waals surface area contributed by atoms with Crippen molar-refractivity contribution in [3.8, 4) is 55.6 Å². The predicted molar refractivity (Wildman–Crippen MR) is 280 cm³/mol. The third-order valence-electron chi connectivity index (χ3n) is 13.6. The molecule has 1 aliphatic carbocycles. The number of rotatable bonds is 11. The number of thiophene rings is 1. The molecule has 0 amide bonds. The zero-order chi connectivity index (χ0) is 43.7. The first-order chi connectivity index (χ1) is 32.1. The zero-order valence-electron chi connectivity index (χ0n) is 36.8. The molecule has 9 aromatic carbocycles. The summed E-state index contributed by atoms with van der Waals surface area (Å²) >= 11 is 1.85. The monoisotopic (exact) mass is 851 g/mol. The number of nitrogens with zero attached hydrogens (tertiary/aromatic N) is 1. The number of hydrogen-bond acceptors (Lipinski definition) is 2. The van der Waals surface area contributed by atoms with E-state index in [0.29, 0.717) is 0 Å². The highest BCUT2D eigenvalue weighted by atomic mass is 32.1. The van der Waals surface area contributed by atoms with Gasteiger partial charge in [0.05, 0.1) is 0 Å². The fourth-order valence-corrected chi connectivity index (χ4v) is 11.5. The van der Waals surface area contributed by atoms with Gasteiger partial charge in [-0.3, -0.25) is 0 Å². The number of benzene rings is 9. The summed E-state index contributed by atoms with van der Waals surface area (Å²) < 4.78 is 1.30. The molecule has 312 valence electrons. The topological polar surface area (TPSA) is 3.24 Å². The molecule has 1 aromatic heterocycles. The summed E-state index contributed by atoms with van der Waals surface area (Å²) in [7, 11) is 0. The number of hydrogen-bond donors (Lipinski definition) is 0. The third-order valence-corrected chi connectivity index (χ3v) is 14.7. The lowest BCUT2D eigenvalue weighted by atomic mass is 9.73. The number of anilines is 3. The Bertz CT molecular complexity index is 3280. The SMILES string of the molecule is CCC1(CC)c2cc(/C=C/c3cc(-c4ccccc4)c(-c4ccccc4)c(-c4ccccc4)c3-c3ccccc3)ccc2-c2ccc(N(c3ccccc3)c3cc4ccccc4s3)cc21. The average Bonchev–Trinajstić information content (AvgIpc) is 3.93. The summed E-state index contributed by atoms with van der Waals surface area (Å²) in [6.07, 6.45) is 6.72. The largest absolute Gasteiger partial charge is 0.302 e. The molecular weight excluding hydrogens is 803 g/mol. The van der Waals surface area contributed by atoms with Gasteiger partial charge < -0.3 is 4.90 Å². The maximum absolute atomic E-state index is 2.49. The van der Waals surface area contributed by atoms with Gasteiger partial charge >= 0.3 is 0 Å². The van der Waals surface area contributed by atoms with Crippen LogP contribution in [-0.2, 0) is 5.41 Å². The molecule has 10 aromatic rings. The van der Waals surface area contributed by atoms with Crippen LogP contribution in [0.3, 0.4) is 0 Å². The lowest BCUT2D eigenvalue weighted by Crippen LogP contribution is -2.23. The Morgan fingerprint density at radius 2 is 0.938 bits per heavy atom. The van der Waals surface area contributed by atoms with Gasteiger partial charge in [-0.15, -0.1) is 11.3 Å². The van der Waals surface area contributed by atoms with E-state index in [1.54, 1.807) is 0 Å². The van der Waals surface area contributed by atoms with Gasteiger partial charge in [0.15, 0.2) is 0 Å². The van der Waals surface area contributed by atoms with E-state index in [9.17, 15) is 0 Å². The highest BCUT2D eigenvalue weighted by molar-refractivity contribution is 7.23. The molecule has 0 unspecified atom stereocenters. The molecule has 1 nitrogen and oxygen atoms in total. The van der Waals surface area contributed by atoms with Gasteiger partial charge in [-0.1, -0.05) is 208 Å². The Kier molecular flexibility index (Phi) is 10.7. The van der Waals surface area contributed by atoms with Crippen molar-refractivity contribution in [3.63, 3.8) is 0 Å². The quantitative estimate of drug-likeness (QED) is 0.117. The maximum Gasteiger partial charge on any atom is 0.101 e. The Labute approximate surface area is 387 Å². The van der Waals surface area contributed by atoms with Crippen LogP contribution in [0.2, 0.25) is 0 Å². The van der Waals surface area contributed by atoms with Crippen LogP contribution < -0.4 is 4.90 Å². The van der Waals surface area contributed by atoms with Crippen LogP contribution in [-0.4, -0.2) is 0 Å². The van der Waals surface area contributed by atoms with Crippen LogP contribution in [0.15, 0.2) is 224 Å². The molecule has 0 bridgehead atoms. The lowest BCUT2D eigenvalue weighted by Gasteiger charge is -2.31. The van der Waals surface area contributed by atoms with Crippen molar-refractivity contribution in [2.45, 2.75) is 32.1 Å². The Hall–Kier alpha value is -7.52. The molecule has 0 saturated heterocycles. The minimum absolute atomic E-state index is 0.124. The average molecular weight is 852 g/mol. The van der Waals surface area contributed by atoms with E-state index in [1.165, 1.54) is 98.7 Å². The van der Waals surface area contributed by atoms with Gasteiger partial charge in [0.2, 0.25) is 0 Å². The molecule has 11 rings (SSSR count). The molecule has 0 aliphatic heterocycles. The van der Waals surface area contributed by atoms with E-state index in [2.05, 4.69) is 255 Å². The Morgan fingerprint density at radius 3 is 1.55 bits per heavy atom. The molecule has 2 heteroatoms.